The Morgan fingerprint density at radius 2 is 1.80 bits per heavy atom. The molecule has 0 radical (unpaired) electrons. The molecule has 14 heteroatoms. The molecule has 49 heavy (non-hydrogen) atoms. The third-order valence-corrected chi connectivity index (χ3v) is 10.8. The van der Waals surface area contributed by atoms with E-state index < -0.39 is 77.5 Å². The number of carbonyl (C=O) groups is 3. The number of ketones is 1. The molecule has 4 aliphatic rings. The minimum atomic E-state index is -4.80. The van der Waals surface area contributed by atoms with E-state index >= 15 is 17.6 Å². The van der Waals surface area contributed by atoms with Crippen molar-refractivity contribution in [3.05, 3.63) is 23.9 Å². The highest BCUT2D eigenvalue weighted by Gasteiger charge is 2.61. The molecule has 1 aromatic carbocycles. The van der Waals surface area contributed by atoms with Gasteiger partial charge >= 0.3 is 17.9 Å². The van der Waals surface area contributed by atoms with Crippen molar-refractivity contribution in [2.75, 3.05) is 13.7 Å². The maximum atomic E-state index is 16.2. The smallest absolute Gasteiger partial charge is 0.408 e. The van der Waals surface area contributed by atoms with Crippen molar-refractivity contribution in [1.29, 1.82) is 0 Å². The first-order valence-corrected chi connectivity index (χ1v) is 17.0. The molecule has 3 fully saturated rings. The predicted octanol–water partition coefficient (Wildman–Crippen LogP) is 6.29. The van der Waals surface area contributed by atoms with Crippen molar-refractivity contribution in [3.63, 3.8) is 0 Å². The second kappa shape index (κ2) is 12.6. The zero-order valence-electron chi connectivity index (χ0n) is 28.6. The van der Waals surface area contributed by atoms with E-state index in [4.69, 9.17) is 14.2 Å². The van der Waals surface area contributed by atoms with Gasteiger partial charge in [-0.3, -0.25) is 9.59 Å². The monoisotopic (exact) mass is 692 g/mol. The quantitative estimate of drug-likeness (QED) is 0.373. The number of methoxy groups -OCH3 is 1. The predicted molar refractivity (Wildman–Crippen MR) is 170 cm³/mol. The first-order chi connectivity index (χ1) is 23.0. The average Bonchev–Trinajstić information content (AvgIpc) is 3.56. The Balaban J connectivity index is 1.47. The fourth-order valence-electron chi connectivity index (χ4n) is 8.16. The summed E-state index contributed by atoms with van der Waals surface area (Å²) < 4.78 is 81.1. The molecule has 10 nitrogen and oxygen atoms in total. The van der Waals surface area contributed by atoms with Crippen LogP contribution in [-0.2, 0) is 20.2 Å². The normalized spacial score (nSPS) is 32.8. The van der Waals surface area contributed by atoms with Crippen molar-refractivity contribution >= 4 is 28.8 Å². The molecule has 1 N–H and O–H groups in total. The molecule has 2 bridgehead atoms. The molecule has 3 heterocycles. The Kier molecular flexibility index (Phi) is 9.00. The average molecular weight is 693 g/mol. The van der Waals surface area contributed by atoms with Crippen LogP contribution >= 0.6 is 0 Å². The lowest BCUT2D eigenvalue weighted by atomic mass is 9.85. The number of hydrogen-bond donors (Lipinski definition) is 1. The molecule has 2 aromatic rings. The summed E-state index contributed by atoms with van der Waals surface area (Å²) in [4.78, 5) is 50.4. The Bertz CT molecular complexity index is 1630. The van der Waals surface area contributed by atoms with Crippen LogP contribution in [-0.4, -0.2) is 76.5 Å². The van der Waals surface area contributed by atoms with E-state index in [1.54, 1.807) is 27.7 Å². The van der Waals surface area contributed by atoms with Crippen LogP contribution in [0.4, 0.5) is 22.4 Å². The van der Waals surface area contributed by atoms with E-state index in [9.17, 15) is 14.4 Å². The number of hydrogen-bond acceptors (Lipinski definition) is 8. The molecule has 2 unspecified atom stereocenters. The van der Waals surface area contributed by atoms with Crippen LogP contribution in [0.5, 0.6) is 11.6 Å². The number of ether oxygens (including phenoxy) is 3. The maximum absolute atomic E-state index is 16.2. The number of nitrogens with zero attached hydrogens (tertiary/aromatic N) is 3. The summed E-state index contributed by atoms with van der Waals surface area (Å²) in [5.74, 6) is -11.3. The van der Waals surface area contributed by atoms with Crippen LogP contribution in [0.2, 0.25) is 0 Å². The molecule has 8 atom stereocenters. The van der Waals surface area contributed by atoms with Crippen molar-refractivity contribution < 1.29 is 46.2 Å². The lowest BCUT2D eigenvalue weighted by Crippen LogP contribution is -2.57. The summed E-state index contributed by atoms with van der Waals surface area (Å²) in [7, 11) is 1.41. The van der Waals surface area contributed by atoms with E-state index in [1.807, 2.05) is 0 Å². The minimum absolute atomic E-state index is 0.0628. The maximum Gasteiger partial charge on any atom is 0.408 e. The van der Waals surface area contributed by atoms with Gasteiger partial charge in [0.15, 0.2) is 11.5 Å². The molecule has 268 valence electrons. The van der Waals surface area contributed by atoms with E-state index in [-0.39, 0.29) is 60.4 Å². The third-order valence-electron chi connectivity index (χ3n) is 10.8. The molecular weight excluding hydrogens is 648 g/mol. The molecule has 2 aliphatic heterocycles. The number of alkyl carbamates (subject to hydrolysis) is 1. The minimum Gasteiger partial charge on any atom is -0.497 e. The number of alkyl halides is 4. The largest absolute Gasteiger partial charge is 0.497 e. The van der Waals surface area contributed by atoms with Gasteiger partial charge in [0.1, 0.15) is 24.0 Å². The standard InChI is InChI=1S/C35H44F4N4O6/c1-7-20-26-16-43(27(20)17(2)44)31(45)29(33(3,4)5)42-32(46)49-25-14-18-13-22(18)21(25)9-8-12-34(36,37)35(38,39)28-30(48-26)41-24-15-19(47-6)10-11-23(24)40-28/h10-11,15,18,20-22,25-27,29H,7-9,12-14,16H2,1-6H3,(H,42,46)/t18?,20-,21-,22?,25-,26+,27-,29-/m1/s1. The van der Waals surface area contributed by atoms with Crippen molar-refractivity contribution in [2.45, 2.75) is 109 Å². The van der Waals surface area contributed by atoms with Gasteiger partial charge in [-0.05, 0) is 74.3 Å². The van der Waals surface area contributed by atoms with Gasteiger partial charge in [-0.1, -0.05) is 27.7 Å². The Morgan fingerprint density at radius 1 is 1.06 bits per heavy atom. The van der Waals surface area contributed by atoms with Crippen molar-refractivity contribution in [3.8, 4) is 11.6 Å². The van der Waals surface area contributed by atoms with Crippen LogP contribution in [0.15, 0.2) is 18.2 Å². The molecule has 2 saturated carbocycles. The number of aromatic nitrogens is 2. The molecule has 0 spiro atoms. The first kappa shape index (κ1) is 35.1. The van der Waals surface area contributed by atoms with Crippen molar-refractivity contribution in [2.24, 2.45) is 29.1 Å². The molecule has 6 rings (SSSR count). The Morgan fingerprint density at radius 3 is 2.45 bits per heavy atom. The lowest BCUT2D eigenvalue weighted by Gasteiger charge is -2.36. The second-order valence-electron chi connectivity index (χ2n) is 15.1. The van der Waals surface area contributed by atoms with E-state index in [2.05, 4.69) is 15.3 Å². The fraction of sp³-hybridized carbons (Fsp3) is 0.686. The summed E-state index contributed by atoms with van der Waals surface area (Å²) in [5.41, 5.74) is -2.13. The SMILES string of the molecule is CC[C@@H]1[C@@H]2CN(C(=O)[C@H](C(C)(C)C)NC(=O)O[C@@H]3CC4CC4[C@H]3CCCC(F)(F)C(F)(F)c3nc4ccc(OC)cc4nc3O2)[C@@H]1C(C)=O. The summed E-state index contributed by atoms with van der Waals surface area (Å²) >= 11 is 0. The van der Waals surface area contributed by atoms with Gasteiger partial charge in [-0.25, -0.2) is 14.8 Å². The first-order valence-electron chi connectivity index (χ1n) is 17.0. The van der Waals surface area contributed by atoms with E-state index in [0.29, 0.717) is 12.2 Å². The highest BCUT2D eigenvalue weighted by Crippen LogP contribution is 2.58. The van der Waals surface area contributed by atoms with Gasteiger partial charge in [0.05, 0.1) is 30.7 Å². The number of benzene rings is 1. The topological polar surface area (TPSA) is 120 Å². The van der Waals surface area contributed by atoms with Gasteiger partial charge < -0.3 is 24.4 Å². The van der Waals surface area contributed by atoms with Gasteiger partial charge in [0.2, 0.25) is 11.8 Å². The zero-order chi connectivity index (χ0) is 35.6. The third kappa shape index (κ3) is 6.40. The summed E-state index contributed by atoms with van der Waals surface area (Å²) in [6, 6.07) is 2.08. The number of fused-ring (bicyclic) bond motifs is 7. The van der Waals surface area contributed by atoms with E-state index in [1.165, 1.54) is 37.1 Å². The molecule has 2 amide bonds. The van der Waals surface area contributed by atoms with Crippen molar-refractivity contribution in [1.82, 2.24) is 20.2 Å². The zero-order valence-corrected chi connectivity index (χ0v) is 28.6. The molecular formula is C35H44F4N4O6. The number of carbonyl (C=O) groups excluding carboxylic acids is 3. The van der Waals surface area contributed by atoms with Gasteiger partial charge in [-0.2, -0.15) is 17.6 Å². The molecule has 1 aromatic heterocycles. The summed E-state index contributed by atoms with van der Waals surface area (Å²) in [5, 5.41) is 2.74. The lowest BCUT2D eigenvalue weighted by molar-refractivity contribution is -0.223. The van der Waals surface area contributed by atoms with Gasteiger partial charge in [0.25, 0.3) is 0 Å². The van der Waals surface area contributed by atoms with Gasteiger partial charge in [-0.15, -0.1) is 0 Å². The Labute approximate surface area is 282 Å². The van der Waals surface area contributed by atoms with Gasteiger partial charge in [0, 0.05) is 18.4 Å². The van der Waals surface area contributed by atoms with Crippen LogP contribution in [0, 0.1) is 29.1 Å². The summed E-state index contributed by atoms with van der Waals surface area (Å²) in [6.07, 6.45) is -2.07. The van der Waals surface area contributed by atoms with E-state index in [0.717, 1.165) is 6.42 Å². The molecule has 1 saturated heterocycles. The highest BCUT2D eigenvalue weighted by atomic mass is 19.3. The number of amides is 2. The fourth-order valence-corrected chi connectivity index (χ4v) is 8.16. The summed E-state index contributed by atoms with van der Waals surface area (Å²) in [6.45, 7) is 8.12. The number of Topliss-reactive ketones (excluding diaryl/α,β-unsaturated/α-hetero) is 1. The number of nitrogens with one attached hydrogen (secondary N) is 1. The van der Waals surface area contributed by atoms with Crippen LogP contribution in [0.3, 0.4) is 0 Å². The van der Waals surface area contributed by atoms with Crippen LogP contribution in [0.25, 0.3) is 11.0 Å². The number of halogens is 4. The van der Waals surface area contributed by atoms with Crippen LogP contribution in [0.1, 0.15) is 78.8 Å². The molecule has 2 aliphatic carbocycles. The Hall–Kier alpha value is -3.71. The second-order valence-corrected chi connectivity index (χ2v) is 15.1. The number of rotatable bonds is 3. The highest BCUT2D eigenvalue weighted by molar-refractivity contribution is 5.92. The van der Waals surface area contributed by atoms with Crippen LogP contribution < -0.4 is 14.8 Å².